The molecule has 2 aromatic carbocycles. The van der Waals surface area contributed by atoms with Crippen LogP contribution in [0.3, 0.4) is 0 Å². The molecule has 1 nitrogen and oxygen atoms in total. The van der Waals surface area contributed by atoms with Crippen molar-refractivity contribution in [3.63, 3.8) is 0 Å². The minimum atomic E-state index is -0.178. The lowest BCUT2D eigenvalue weighted by Gasteiger charge is -2.09. The summed E-state index contributed by atoms with van der Waals surface area (Å²) in [6.07, 6.45) is 1.08. The highest BCUT2D eigenvalue weighted by molar-refractivity contribution is 6.31. The molecule has 0 unspecified atom stereocenters. The van der Waals surface area contributed by atoms with Crippen LogP contribution in [0.4, 0.5) is 4.39 Å². The second kappa shape index (κ2) is 6.87. The summed E-state index contributed by atoms with van der Waals surface area (Å²) in [6.45, 7) is 5.58. The largest absolute Gasteiger partial charge is 0.313 e. The molecule has 106 valence electrons. The average Bonchev–Trinajstić information content (AvgIpc) is 2.44. The third kappa shape index (κ3) is 3.59. The maximum absolute atomic E-state index is 13.7. The van der Waals surface area contributed by atoms with E-state index in [-0.39, 0.29) is 5.82 Å². The van der Waals surface area contributed by atoms with Gasteiger partial charge >= 0.3 is 0 Å². The quantitative estimate of drug-likeness (QED) is 0.768. The summed E-state index contributed by atoms with van der Waals surface area (Å²) < 4.78 is 13.7. The summed E-state index contributed by atoms with van der Waals surface area (Å²) in [5, 5.41) is 4.07. The summed E-state index contributed by atoms with van der Waals surface area (Å²) in [5.74, 6) is -0.178. The highest BCUT2D eigenvalue weighted by atomic mass is 35.5. The minimum Gasteiger partial charge on any atom is -0.313 e. The van der Waals surface area contributed by atoms with Crippen LogP contribution in [0, 0.1) is 12.7 Å². The van der Waals surface area contributed by atoms with Crippen LogP contribution in [-0.4, -0.2) is 6.54 Å². The molecule has 0 bridgehead atoms. The number of halogens is 2. The number of nitrogens with one attached hydrogen (secondary N) is 1. The molecule has 3 heteroatoms. The Morgan fingerprint density at radius 1 is 1.10 bits per heavy atom. The Labute approximate surface area is 124 Å². The molecule has 0 fully saturated rings. The summed E-state index contributed by atoms with van der Waals surface area (Å²) in [5.41, 5.74) is 3.56. The molecule has 0 aromatic heterocycles. The van der Waals surface area contributed by atoms with Crippen LogP contribution in [0.25, 0.3) is 11.1 Å². The first-order valence-electron chi connectivity index (χ1n) is 6.87. The van der Waals surface area contributed by atoms with Gasteiger partial charge in [0.1, 0.15) is 5.82 Å². The van der Waals surface area contributed by atoms with Gasteiger partial charge in [-0.15, -0.1) is 0 Å². The van der Waals surface area contributed by atoms with Crippen LogP contribution in [-0.2, 0) is 6.54 Å². The van der Waals surface area contributed by atoms with E-state index in [1.807, 2.05) is 24.3 Å². The molecule has 0 aliphatic heterocycles. The zero-order chi connectivity index (χ0) is 14.5. The summed E-state index contributed by atoms with van der Waals surface area (Å²) in [6, 6.07) is 11.1. The monoisotopic (exact) mass is 291 g/mol. The second-order valence-electron chi connectivity index (χ2n) is 4.95. The Hall–Kier alpha value is -1.38. The van der Waals surface area contributed by atoms with E-state index in [2.05, 4.69) is 12.2 Å². The number of benzene rings is 2. The van der Waals surface area contributed by atoms with Gasteiger partial charge < -0.3 is 5.32 Å². The van der Waals surface area contributed by atoms with Gasteiger partial charge in [-0.3, -0.25) is 0 Å². The standard InChI is InChI=1S/C17H19ClFN/c1-3-8-20-11-15-9-13(6-7-16(15)18)14-5-4-12(2)17(19)10-14/h4-7,9-10,20H,3,8,11H2,1-2H3. The van der Waals surface area contributed by atoms with Gasteiger partial charge in [0, 0.05) is 11.6 Å². The summed E-state index contributed by atoms with van der Waals surface area (Å²) in [7, 11) is 0. The van der Waals surface area contributed by atoms with Crippen molar-refractivity contribution in [2.45, 2.75) is 26.8 Å². The van der Waals surface area contributed by atoms with Crippen LogP contribution in [0.15, 0.2) is 36.4 Å². The van der Waals surface area contributed by atoms with E-state index < -0.39 is 0 Å². The molecule has 20 heavy (non-hydrogen) atoms. The Bertz CT molecular complexity index is 596. The average molecular weight is 292 g/mol. The van der Waals surface area contributed by atoms with E-state index in [0.717, 1.165) is 41.2 Å². The van der Waals surface area contributed by atoms with Gasteiger partial charge in [-0.2, -0.15) is 0 Å². The van der Waals surface area contributed by atoms with Crippen molar-refractivity contribution in [1.82, 2.24) is 5.32 Å². The van der Waals surface area contributed by atoms with E-state index in [1.54, 1.807) is 19.1 Å². The first-order valence-corrected chi connectivity index (χ1v) is 7.25. The van der Waals surface area contributed by atoms with Crippen LogP contribution in [0.2, 0.25) is 5.02 Å². The Kier molecular flexibility index (Phi) is 5.16. The fourth-order valence-corrected chi connectivity index (χ4v) is 2.25. The van der Waals surface area contributed by atoms with E-state index in [9.17, 15) is 4.39 Å². The lowest BCUT2D eigenvalue weighted by molar-refractivity contribution is 0.619. The molecular formula is C17H19ClFN. The highest BCUT2D eigenvalue weighted by Gasteiger charge is 2.06. The Morgan fingerprint density at radius 3 is 2.50 bits per heavy atom. The van der Waals surface area contributed by atoms with E-state index >= 15 is 0 Å². The van der Waals surface area contributed by atoms with Gasteiger partial charge in [-0.1, -0.05) is 36.7 Å². The van der Waals surface area contributed by atoms with E-state index in [0.29, 0.717) is 5.56 Å². The lowest BCUT2D eigenvalue weighted by Crippen LogP contribution is -2.14. The van der Waals surface area contributed by atoms with E-state index in [1.165, 1.54) is 0 Å². The van der Waals surface area contributed by atoms with Crippen molar-refractivity contribution >= 4 is 11.6 Å². The predicted octanol–water partition coefficient (Wildman–Crippen LogP) is 4.95. The van der Waals surface area contributed by atoms with Gasteiger partial charge in [0.05, 0.1) is 0 Å². The molecule has 0 saturated heterocycles. The van der Waals surface area contributed by atoms with E-state index in [4.69, 9.17) is 11.6 Å². The molecule has 0 atom stereocenters. The lowest BCUT2D eigenvalue weighted by atomic mass is 10.0. The van der Waals surface area contributed by atoms with Gasteiger partial charge in [-0.25, -0.2) is 4.39 Å². The maximum atomic E-state index is 13.7. The van der Waals surface area contributed by atoms with Gasteiger partial charge in [0.2, 0.25) is 0 Å². The van der Waals surface area contributed by atoms with Crippen molar-refractivity contribution in [2.24, 2.45) is 0 Å². The zero-order valence-electron chi connectivity index (χ0n) is 11.8. The fourth-order valence-electron chi connectivity index (χ4n) is 2.06. The van der Waals surface area contributed by atoms with Crippen molar-refractivity contribution in [3.8, 4) is 11.1 Å². The smallest absolute Gasteiger partial charge is 0.126 e. The molecule has 0 aliphatic rings. The first kappa shape index (κ1) is 15.0. The molecule has 0 heterocycles. The molecule has 0 spiro atoms. The van der Waals surface area contributed by atoms with Crippen molar-refractivity contribution in [1.29, 1.82) is 0 Å². The molecule has 1 N–H and O–H groups in total. The van der Waals surface area contributed by atoms with Gasteiger partial charge in [0.15, 0.2) is 0 Å². The molecule has 2 aromatic rings. The number of hydrogen-bond donors (Lipinski definition) is 1. The predicted molar refractivity (Wildman–Crippen MR) is 83.6 cm³/mol. The molecule has 0 saturated carbocycles. The van der Waals surface area contributed by atoms with Crippen LogP contribution in [0.1, 0.15) is 24.5 Å². The molecule has 0 radical (unpaired) electrons. The third-order valence-corrected chi connectivity index (χ3v) is 3.66. The number of rotatable bonds is 5. The Morgan fingerprint density at radius 2 is 1.80 bits per heavy atom. The summed E-state index contributed by atoms with van der Waals surface area (Å²) in [4.78, 5) is 0. The minimum absolute atomic E-state index is 0.178. The van der Waals surface area contributed by atoms with Gasteiger partial charge in [0.25, 0.3) is 0 Å². The maximum Gasteiger partial charge on any atom is 0.126 e. The van der Waals surface area contributed by atoms with Crippen LogP contribution < -0.4 is 5.32 Å². The SMILES string of the molecule is CCCNCc1cc(-c2ccc(C)c(F)c2)ccc1Cl. The fraction of sp³-hybridized carbons (Fsp3) is 0.294. The number of aryl methyl sites for hydroxylation is 1. The highest BCUT2D eigenvalue weighted by Crippen LogP contribution is 2.26. The van der Waals surface area contributed by atoms with Crippen LogP contribution in [0.5, 0.6) is 0 Å². The second-order valence-corrected chi connectivity index (χ2v) is 5.35. The molecular weight excluding hydrogens is 273 g/mol. The zero-order valence-corrected chi connectivity index (χ0v) is 12.6. The molecule has 0 amide bonds. The topological polar surface area (TPSA) is 12.0 Å². The molecule has 0 aliphatic carbocycles. The van der Waals surface area contributed by atoms with Gasteiger partial charge in [-0.05, 0) is 60.3 Å². The number of hydrogen-bond acceptors (Lipinski definition) is 1. The Balaban J connectivity index is 2.27. The normalized spacial score (nSPS) is 10.8. The van der Waals surface area contributed by atoms with Crippen LogP contribution >= 0.6 is 11.6 Å². The van der Waals surface area contributed by atoms with Crippen molar-refractivity contribution in [2.75, 3.05) is 6.54 Å². The molecule has 2 rings (SSSR count). The van der Waals surface area contributed by atoms with Crippen molar-refractivity contribution < 1.29 is 4.39 Å². The van der Waals surface area contributed by atoms with Crippen molar-refractivity contribution in [3.05, 3.63) is 58.4 Å². The summed E-state index contributed by atoms with van der Waals surface area (Å²) >= 11 is 6.21. The third-order valence-electron chi connectivity index (χ3n) is 3.29. The first-order chi connectivity index (χ1) is 9.61.